The SMILES string of the molecule is CC(C)NCC1(CC(=O)O)C[C@H](C)C[C@H](C)C1.Cl. The Morgan fingerprint density at radius 2 is 1.83 bits per heavy atom. The van der Waals surface area contributed by atoms with Gasteiger partial charge in [0.15, 0.2) is 0 Å². The van der Waals surface area contributed by atoms with Crippen LogP contribution in [0, 0.1) is 17.3 Å². The Hall–Kier alpha value is -0.280. The summed E-state index contributed by atoms with van der Waals surface area (Å²) < 4.78 is 0. The fourth-order valence-corrected chi connectivity index (χ4v) is 3.51. The molecule has 0 amide bonds. The van der Waals surface area contributed by atoms with Crippen LogP contribution in [0.25, 0.3) is 0 Å². The molecule has 1 unspecified atom stereocenters. The van der Waals surface area contributed by atoms with Crippen molar-refractivity contribution < 1.29 is 9.90 Å². The Balaban J connectivity index is 0.00000289. The summed E-state index contributed by atoms with van der Waals surface area (Å²) in [5.74, 6) is 0.635. The topological polar surface area (TPSA) is 49.3 Å². The highest BCUT2D eigenvalue weighted by Gasteiger charge is 2.39. The molecule has 0 saturated heterocycles. The van der Waals surface area contributed by atoms with Crippen molar-refractivity contribution in [3.63, 3.8) is 0 Å². The van der Waals surface area contributed by atoms with E-state index in [1.54, 1.807) is 0 Å². The van der Waals surface area contributed by atoms with Crippen LogP contribution in [0.15, 0.2) is 0 Å². The summed E-state index contributed by atoms with van der Waals surface area (Å²) in [6.07, 6.45) is 3.64. The molecule has 0 spiro atoms. The van der Waals surface area contributed by atoms with Gasteiger partial charge in [0, 0.05) is 12.6 Å². The molecular formula is C14H28ClNO2. The molecule has 1 saturated carbocycles. The van der Waals surface area contributed by atoms with Gasteiger partial charge >= 0.3 is 5.97 Å². The molecule has 1 fully saturated rings. The monoisotopic (exact) mass is 277 g/mol. The van der Waals surface area contributed by atoms with Crippen molar-refractivity contribution >= 4 is 18.4 Å². The highest BCUT2D eigenvalue weighted by atomic mass is 35.5. The molecule has 0 aromatic carbocycles. The average Bonchev–Trinajstić information content (AvgIpc) is 2.11. The Morgan fingerprint density at radius 3 is 2.22 bits per heavy atom. The molecular weight excluding hydrogens is 250 g/mol. The van der Waals surface area contributed by atoms with Gasteiger partial charge in [-0.3, -0.25) is 4.79 Å². The van der Waals surface area contributed by atoms with Crippen molar-refractivity contribution in [3.05, 3.63) is 0 Å². The molecule has 3 nitrogen and oxygen atoms in total. The van der Waals surface area contributed by atoms with E-state index in [4.69, 9.17) is 5.11 Å². The van der Waals surface area contributed by atoms with Crippen molar-refractivity contribution in [1.82, 2.24) is 5.32 Å². The molecule has 0 aromatic heterocycles. The predicted molar refractivity (Wildman–Crippen MR) is 77.3 cm³/mol. The van der Waals surface area contributed by atoms with Crippen LogP contribution < -0.4 is 5.32 Å². The normalized spacial score (nSPS) is 32.1. The third kappa shape index (κ3) is 5.57. The molecule has 0 aromatic rings. The standard InChI is InChI=1S/C14H27NO2.ClH/c1-10(2)15-9-14(8-13(16)17)6-11(3)5-12(4)7-14;/h10-12,15H,5-9H2,1-4H3,(H,16,17);1H/t11-,12+,14?;. The second kappa shape index (κ2) is 7.34. The first-order valence-electron chi connectivity index (χ1n) is 6.78. The zero-order chi connectivity index (χ0) is 13.1. The van der Waals surface area contributed by atoms with Crippen LogP contribution in [0.4, 0.5) is 0 Å². The predicted octanol–water partition coefficient (Wildman–Crippen LogP) is 3.32. The van der Waals surface area contributed by atoms with Crippen LogP contribution in [0.2, 0.25) is 0 Å². The van der Waals surface area contributed by atoms with Crippen LogP contribution >= 0.6 is 12.4 Å². The van der Waals surface area contributed by atoms with Crippen LogP contribution in [0.5, 0.6) is 0 Å². The zero-order valence-electron chi connectivity index (χ0n) is 12.0. The van der Waals surface area contributed by atoms with Gasteiger partial charge in [-0.25, -0.2) is 0 Å². The van der Waals surface area contributed by atoms with Gasteiger partial charge in [-0.05, 0) is 36.5 Å². The quantitative estimate of drug-likeness (QED) is 0.810. The number of carbonyl (C=O) groups is 1. The van der Waals surface area contributed by atoms with E-state index < -0.39 is 5.97 Å². The summed E-state index contributed by atoms with van der Waals surface area (Å²) in [7, 11) is 0. The maximum atomic E-state index is 11.1. The van der Waals surface area contributed by atoms with E-state index in [1.807, 2.05) is 0 Å². The molecule has 3 atom stereocenters. The van der Waals surface area contributed by atoms with Gasteiger partial charge in [-0.15, -0.1) is 12.4 Å². The van der Waals surface area contributed by atoms with Gasteiger partial charge in [-0.1, -0.05) is 27.7 Å². The summed E-state index contributed by atoms with van der Waals surface area (Å²) in [5, 5.41) is 12.6. The highest BCUT2D eigenvalue weighted by Crippen LogP contribution is 2.44. The number of carboxylic acid groups (broad SMARTS) is 1. The van der Waals surface area contributed by atoms with Gasteiger partial charge in [0.2, 0.25) is 0 Å². The minimum absolute atomic E-state index is 0. The van der Waals surface area contributed by atoms with Gasteiger partial charge in [-0.2, -0.15) is 0 Å². The zero-order valence-corrected chi connectivity index (χ0v) is 12.8. The van der Waals surface area contributed by atoms with E-state index in [9.17, 15) is 4.79 Å². The van der Waals surface area contributed by atoms with Crippen LogP contribution in [0.3, 0.4) is 0 Å². The number of halogens is 1. The number of nitrogens with one attached hydrogen (secondary N) is 1. The molecule has 0 radical (unpaired) electrons. The molecule has 108 valence electrons. The van der Waals surface area contributed by atoms with Crippen LogP contribution in [-0.2, 0) is 4.79 Å². The maximum Gasteiger partial charge on any atom is 0.303 e. The van der Waals surface area contributed by atoms with E-state index in [1.165, 1.54) is 6.42 Å². The van der Waals surface area contributed by atoms with E-state index in [0.29, 0.717) is 24.3 Å². The number of hydrogen-bond acceptors (Lipinski definition) is 2. The summed E-state index contributed by atoms with van der Waals surface area (Å²) in [4.78, 5) is 11.1. The lowest BCUT2D eigenvalue weighted by molar-refractivity contribution is -0.141. The number of aliphatic carboxylic acids is 1. The summed E-state index contributed by atoms with van der Waals surface area (Å²) in [5.41, 5.74) is -0.0345. The molecule has 0 aliphatic heterocycles. The lowest BCUT2D eigenvalue weighted by atomic mass is 9.64. The maximum absolute atomic E-state index is 11.1. The smallest absolute Gasteiger partial charge is 0.303 e. The fraction of sp³-hybridized carbons (Fsp3) is 0.929. The number of hydrogen-bond donors (Lipinski definition) is 2. The van der Waals surface area contributed by atoms with E-state index in [0.717, 1.165) is 19.4 Å². The summed E-state index contributed by atoms with van der Waals surface area (Å²) >= 11 is 0. The highest BCUT2D eigenvalue weighted by molar-refractivity contribution is 5.85. The van der Waals surface area contributed by atoms with Crippen molar-refractivity contribution in [2.24, 2.45) is 17.3 Å². The molecule has 0 heterocycles. The summed E-state index contributed by atoms with van der Waals surface area (Å²) in [6, 6.07) is 0.424. The van der Waals surface area contributed by atoms with Crippen LogP contribution in [0.1, 0.15) is 53.4 Å². The summed E-state index contributed by atoms with van der Waals surface area (Å²) in [6.45, 7) is 9.57. The largest absolute Gasteiger partial charge is 0.481 e. The van der Waals surface area contributed by atoms with E-state index in [2.05, 4.69) is 33.0 Å². The van der Waals surface area contributed by atoms with E-state index in [-0.39, 0.29) is 17.8 Å². The first-order valence-corrected chi connectivity index (χ1v) is 6.78. The van der Waals surface area contributed by atoms with E-state index >= 15 is 0 Å². The molecule has 18 heavy (non-hydrogen) atoms. The first-order chi connectivity index (χ1) is 7.83. The average molecular weight is 278 g/mol. The Kier molecular flexibility index (Phi) is 7.23. The molecule has 2 N–H and O–H groups in total. The van der Waals surface area contributed by atoms with Gasteiger partial charge in [0.05, 0.1) is 6.42 Å². The number of rotatable bonds is 5. The fourth-order valence-electron chi connectivity index (χ4n) is 3.51. The van der Waals surface area contributed by atoms with Crippen LogP contribution in [-0.4, -0.2) is 23.7 Å². The third-order valence-corrected chi connectivity index (χ3v) is 3.78. The van der Waals surface area contributed by atoms with Gasteiger partial charge < -0.3 is 10.4 Å². The number of carboxylic acids is 1. The minimum atomic E-state index is -0.656. The Morgan fingerprint density at radius 1 is 1.33 bits per heavy atom. The minimum Gasteiger partial charge on any atom is -0.481 e. The molecule has 1 aliphatic rings. The van der Waals surface area contributed by atoms with Gasteiger partial charge in [0.1, 0.15) is 0 Å². The van der Waals surface area contributed by atoms with Crippen molar-refractivity contribution in [1.29, 1.82) is 0 Å². The lowest BCUT2D eigenvalue weighted by Gasteiger charge is -2.42. The second-order valence-electron chi connectivity index (χ2n) is 6.46. The second-order valence-corrected chi connectivity index (χ2v) is 6.46. The van der Waals surface area contributed by atoms with Crippen molar-refractivity contribution in [2.45, 2.75) is 59.4 Å². The third-order valence-electron chi connectivity index (χ3n) is 3.78. The molecule has 1 rings (SSSR count). The van der Waals surface area contributed by atoms with Gasteiger partial charge in [0.25, 0.3) is 0 Å². The van der Waals surface area contributed by atoms with Crippen molar-refractivity contribution in [3.8, 4) is 0 Å². The Labute approximate surface area is 117 Å². The van der Waals surface area contributed by atoms with Crippen molar-refractivity contribution in [2.75, 3.05) is 6.54 Å². The lowest BCUT2D eigenvalue weighted by Crippen LogP contribution is -2.43. The Bertz CT molecular complexity index is 259. The molecule has 4 heteroatoms. The first kappa shape index (κ1) is 17.7. The molecule has 0 bridgehead atoms. The molecule has 1 aliphatic carbocycles.